The van der Waals surface area contributed by atoms with E-state index in [9.17, 15) is 18.0 Å². The van der Waals surface area contributed by atoms with Gasteiger partial charge in [0.25, 0.3) is 0 Å². The SMILES string of the molecule is O=C1[C@@H]2[C@@H](C(=O)N1c1ccc(S(=O)(=O)c3ccccc3)cc1)[C@H]1C=C[C@H]2C1. The summed E-state index contributed by atoms with van der Waals surface area (Å²) >= 11 is 0. The van der Waals surface area contributed by atoms with Crippen LogP contribution in [0.4, 0.5) is 5.69 Å². The smallest absolute Gasteiger partial charge is 0.238 e. The molecule has 136 valence electrons. The van der Waals surface area contributed by atoms with Gasteiger partial charge in [0.15, 0.2) is 0 Å². The zero-order valence-corrected chi connectivity index (χ0v) is 15.2. The van der Waals surface area contributed by atoms with Gasteiger partial charge in [0, 0.05) is 0 Å². The van der Waals surface area contributed by atoms with Crippen LogP contribution in [0.15, 0.2) is 76.5 Å². The summed E-state index contributed by atoms with van der Waals surface area (Å²) in [6.45, 7) is 0. The van der Waals surface area contributed by atoms with Crippen molar-refractivity contribution in [2.75, 3.05) is 4.90 Å². The van der Waals surface area contributed by atoms with Gasteiger partial charge in [-0.3, -0.25) is 14.5 Å². The number of anilines is 1. The Bertz CT molecular complexity index is 1040. The van der Waals surface area contributed by atoms with E-state index >= 15 is 0 Å². The number of imide groups is 1. The lowest BCUT2D eigenvalue weighted by molar-refractivity contribution is -0.123. The van der Waals surface area contributed by atoms with E-state index in [1.165, 1.54) is 17.0 Å². The van der Waals surface area contributed by atoms with Crippen LogP contribution in [-0.2, 0) is 19.4 Å². The van der Waals surface area contributed by atoms with Gasteiger partial charge in [0.2, 0.25) is 21.7 Å². The first kappa shape index (κ1) is 16.4. The average Bonchev–Trinajstić information content (AvgIpc) is 3.36. The molecule has 2 aromatic rings. The topological polar surface area (TPSA) is 71.5 Å². The molecule has 2 bridgehead atoms. The molecule has 0 N–H and O–H groups in total. The van der Waals surface area contributed by atoms with Gasteiger partial charge in [0.1, 0.15) is 0 Å². The maximum atomic E-state index is 12.8. The lowest BCUT2D eigenvalue weighted by atomic mass is 9.85. The third-order valence-electron chi connectivity index (χ3n) is 5.93. The average molecular weight is 379 g/mol. The van der Waals surface area contributed by atoms with Gasteiger partial charge < -0.3 is 0 Å². The number of rotatable bonds is 3. The monoisotopic (exact) mass is 379 g/mol. The molecule has 1 aliphatic heterocycles. The highest BCUT2D eigenvalue weighted by Gasteiger charge is 2.59. The van der Waals surface area contributed by atoms with Crippen LogP contribution in [-0.4, -0.2) is 20.2 Å². The molecule has 0 aromatic heterocycles. The number of fused-ring (bicyclic) bond motifs is 5. The molecule has 3 aliphatic rings. The standard InChI is InChI=1S/C21H17NO4S/c23-20-18-13-6-7-14(12-13)19(18)21(24)22(20)15-8-10-17(11-9-15)27(25,26)16-4-2-1-3-5-16/h1-11,13-14,18-19H,12H2/t13-,14-,18-,19-/m0/s1. The van der Waals surface area contributed by atoms with Crippen LogP contribution in [0.2, 0.25) is 0 Å². The molecule has 2 fully saturated rings. The Morgan fingerprint density at radius 1 is 0.741 bits per heavy atom. The molecule has 2 aromatic carbocycles. The first-order valence-electron chi connectivity index (χ1n) is 8.95. The van der Waals surface area contributed by atoms with Crippen LogP contribution in [0.3, 0.4) is 0 Å². The fraction of sp³-hybridized carbons (Fsp3) is 0.238. The largest absolute Gasteiger partial charge is 0.274 e. The summed E-state index contributed by atoms with van der Waals surface area (Å²) in [5.74, 6) is -0.556. The summed E-state index contributed by atoms with van der Waals surface area (Å²) in [5, 5.41) is 0. The Balaban J connectivity index is 1.47. The van der Waals surface area contributed by atoms with E-state index < -0.39 is 9.84 Å². The molecule has 1 heterocycles. The molecular weight excluding hydrogens is 362 g/mol. The molecule has 0 radical (unpaired) electrons. The van der Waals surface area contributed by atoms with Crippen LogP contribution < -0.4 is 4.90 Å². The highest BCUT2D eigenvalue weighted by Crippen LogP contribution is 2.53. The summed E-state index contributed by atoms with van der Waals surface area (Å²) in [7, 11) is -3.63. The lowest BCUT2D eigenvalue weighted by Crippen LogP contribution is -2.32. The van der Waals surface area contributed by atoms with E-state index in [-0.39, 0.29) is 45.3 Å². The van der Waals surface area contributed by atoms with Crippen LogP contribution in [0.5, 0.6) is 0 Å². The zero-order valence-electron chi connectivity index (χ0n) is 14.4. The molecule has 27 heavy (non-hydrogen) atoms. The van der Waals surface area contributed by atoms with Crippen molar-refractivity contribution in [2.45, 2.75) is 16.2 Å². The Kier molecular flexibility index (Phi) is 3.43. The first-order valence-corrected chi connectivity index (χ1v) is 10.4. The van der Waals surface area contributed by atoms with Gasteiger partial charge in [0.05, 0.1) is 27.3 Å². The Morgan fingerprint density at radius 2 is 1.26 bits per heavy atom. The first-order chi connectivity index (χ1) is 13.0. The molecule has 4 atom stereocenters. The van der Waals surface area contributed by atoms with Crippen LogP contribution in [0.1, 0.15) is 6.42 Å². The molecule has 0 spiro atoms. The summed E-state index contributed by atoms with van der Waals surface area (Å²) in [5.41, 5.74) is 0.436. The van der Waals surface area contributed by atoms with Crippen molar-refractivity contribution < 1.29 is 18.0 Å². The molecule has 0 unspecified atom stereocenters. The summed E-state index contributed by atoms with van der Waals surface area (Å²) in [4.78, 5) is 27.3. The van der Waals surface area contributed by atoms with Crippen molar-refractivity contribution in [3.63, 3.8) is 0 Å². The van der Waals surface area contributed by atoms with Crippen molar-refractivity contribution in [3.8, 4) is 0 Å². The maximum Gasteiger partial charge on any atom is 0.238 e. The number of sulfone groups is 1. The van der Waals surface area contributed by atoms with Gasteiger partial charge >= 0.3 is 0 Å². The van der Waals surface area contributed by atoms with Gasteiger partial charge in [-0.05, 0) is 54.7 Å². The second kappa shape index (κ2) is 5.63. The Morgan fingerprint density at radius 3 is 1.81 bits per heavy atom. The van der Waals surface area contributed by atoms with Crippen LogP contribution >= 0.6 is 0 Å². The molecule has 1 saturated carbocycles. The fourth-order valence-electron chi connectivity index (χ4n) is 4.67. The lowest BCUT2D eigenvalue weighted by Gasteiger charge is -2.17. The zero-order chi connectivity index (χ0) is 18.8. The van der Waals surface area contributed by atoms with Crippen molar-refractivity contribution in [3.05, 3.63) is 66.7 Å². The van der Waals surface area contributed by atoms with Crippen LogP contribution in [0, 0.1) is 23.7 Å². The Labute approximate surface area is 157 Å². The van der Waals surface area contributed by atoms with Gasteiger partial charge in [-0.2, -0.15) is 0 Å². The van der Waals surface area contributed by atoms with E-state index in [1.54, 1.807) is 42.5 Å². The molecule has 1 saturated heterocycles. The third-order valence-corrected chi connectivity index (χ3v) is 7.71. The fourth-order valence-corrected chi connectivity index (χ4v) is 5.95. The van der Waals surface area contributed by atoms with Crippen molar-refractivity contribution in [1.82, 2.24) is 0 Å². The summed E-state index contributed by atoms with van der Waals surface area (Å²) in [6.07, 6.45) is 4.99. The Hall–Kier alpha value is -2.73. The number of allylic oxidation sites excluding steroid dienone is 2. The maximum absolute atomic E-state index is 12.8. The number of carbonyl (C=O) groups excluding carboxylic acids is 2. The minimum absolute atomic E-state index is 0.137. The van der Waals surface area contributed by atoms with E-state index in [2.05, 4.69) is 12.2 Å². The summed E-state index contributed by atoms with van der Waals surface area (Å²) < 4.78 is 25.4. The van der Waals surface area contributed by atoms with E-state index in [0.29, 0.717) is 5.69 Å². The van der Waals surface area contributed by atoms with Gasteiger partial charge in [-0.25, -0.2) is 8.42 Å². The normalized spacial score (nSPS) is 28.8. The van der Waals surface area contributed by atoms with Crippen molar-refractivity contribution >= 4 is 27.3 Å². The summed E-state index contributed by atoms with van der Waals surface area (Å²) in [6, 6.07) is 14.2. The number of nitrogens with zero attached hydrogens (tertiary/aromatic N) is 1. The quantitative estimate of drug-likeness (QED) is 0.607. The van der Waals surface area contributed by atoms with E-state index in [0.717, 1.165) is 6.42 Å². The predicted molar refractivity (Wildman–Crippen MR) is 98.5 cm³/mol. The highest BCUT2D eigenvalue weighted by molar-refractivity contribution is 7.91. The molecule has 2 aliphatic carbocycles. The molecule has 2 amide bonds. The number of amides is 2. The molecular formula is C21H17NO4S. The molecule has 6 heteroatoms. The number of benzene rings is 2. The number of hydrogen-bond donors (Lipinski definition) is 0. The molecule has 5 nitrogen and oxygen atoms in total. The van der Waals surface area contributed by atoms with Crippen LogP contribution in [0.25, 0.3) is 0 Å². The number of carbonyl (C=O) groups is 2. The van der Waals surface area contributed by atoms with E-state index in [1.807, 2.05) is 0 Å². The van der Waals surface area contributed by atoms with Gasteiger partial charge in [-0.1, -0.05) is 30.4 Å². The second-order valence-electron chi connectivity index (χ2n) is 7.32. The van der Waals surface area contributed by atoms with Crippen molar-refractivity contribution in [1.29, 1.82) is 0 Å². The second-order valence-corrected chi connectivity index (χ2v) is 9.27. The third kappa shape index (κ3) is 2.26. The van der Waals surface area contributed by atoms with E-state index in [4.69, 9.17) is 0 Å². The minimum Gasteiger partial charge on any atom is -0.274 e. The minimum atomic E-state index is -3.63. The predicted octanol–water partition coefficient (Wildman–Crippen LogP) is 2.83. The van der Waals surface area contributed by atoms with Gasteiger partial charge in [-0.15, -0.1) is 0 Å². The van der Waals surface area contributed by atoms with Crippen molar-refractivity contribution in [2.24, 2.45) is 23.7 Å². The highest BCUT2D eigenvalue weighted by atomic mass is 32.2. The molecule has 5 rings (SSSR count). The number of hydrogen-bond acceptors (Lipinski definition) is 4.